The lowest BCUT2D eigenvalue weighted by atomic mass is 10.1. The Morgan fingerprint density at radius 1 is 1.04 bits per heavy atom. The number of benzene rings is 2. The van der Waals surface area contributed by atoms with Crippen molar-refractivity contribution in [3.63, 3.8) is 0 Å². The lowest BCUT2D eigenvalue weighted by Gasteiger charge is -2.15. The highest BCUT2D eigenvalue weighted by atomic mass is 16.6. The second-order valence-electron chi connectivity index (χ2n) is 5.37. The van der Waals surface area contributed by atoms with Crippen molar-refractivity contribution in [2.24, 2.45) is 0 Å². The van der Waals surface area contributed by atoms with Gasteiger partial charge in [-0.05, 0) is 28.8 Å². The van der Waals surface area contributed by atoms with Crippen LogP contribution in [0.2, 0.25) is 0 Å². The highest BCUT2D eigenvalue weighted by Crippen LogP contribution is 2.25. The van der Waals surface area contributed by atoms with Gasteiger partial charge >= 0.3 is 12.1 Å². The molecule has 0 atom stereocenters. The van der Waals surface area contributed by atoms with E-state index in [0.29, 0.717) is 18.7 Å². The number of carbonyl (C=O) groups excluding carboxylic acids is 2. The lowest BCUT2D eigenvalue weighted by Crippen LogP contribution is -2.25. The second-order valence-corrected chi connectivity index (χ2v) is 5.37. The smallest absolute Gasteiger partial charge is 0.410 e. The molecule has 2 aromatic rings. The number of hydrogen-bond acceptors (Lipinski definition) is 4. The zero-order chi connectivity index (χ0) is 16.2. The van der Waals surface area contributed by atoms with Crippen molar-refractivity contribution in [2.75, 3.05) is 7.11 Å². The molecule has 0 spiro atoms. The summed E-state index contributed by atoms with van der Waals surface area (Å²) in [4.78, 5) is 25.4. The van der Waals surface area contributed by atoms with Crippen LogP contribution < -0.4 is 0 Å². The Morgan fingerprint density at radius 3 is 2.52 bits per heavy atom. The third kappa shape index (κ3) is 3.34. The minimum Gasteiger partial charge on any atom is -0.465 e. The molecule has 0 aromatic heterocycles. The van der Waals surface area contributed by atoms with Gasteiger partial charge in [-0.3, -0.25) is 4.90 Å². The van der Waals surface area contributed by atoms with Gasteiger partial charge in [0.2, 0.25) is 0 Å². The zero-order valence-corrected chi connectivity index (χ0v) is 12.8. The molecule has 0 saturated carbocycles. The van der Waals surface area contributed by atoms with E-state index in [-0.39, 0.29) is 18.7 Å². The van der Waals surface area contributed by atoms with E-state index < -0.39 is 0 Å². The monoisotopic (exact) mass is 311 g/mol. The molecule has 0 aliphatic carbocycles. The van der Waals surface area contributed by atoms with Gasteiger partial charge in [-0.25, -0.2) is 9.59 Å². The largest absolute Gasteiger partial charge is 0.465 e. The number of nitrogens with zero attached hydrogens (tertiary/aromatic N) is 1. The molecule has 0 unspecified atom stereocenters. The van der Waals surface area contributed by atoms with Crippen LogP contribution in [-0.4, -0.2) is 24.1 Å². The van der Waals surface area contributed by atoms with Crippen molar-refractivity contribution in [3.8, 4) is 0 Å². The van der Waals surface area contributed by atoms with E-state index in [2.05, 4.69) is 0 Å². The van der Waals surface area contributed by atoms with Crippen LogP contribution in [-0.2, 0) is 29.2 Å². The first-order valence-corrected chi connectivity index (χ1v) is 7.33. The molecular weight excluding hydrogens is 294 g/mol. The molecule has 1 aliphatic rings. The van der Waals surface area contributed by atoms with Crippen LogP contribution in [0.3, 0.4) is 0 Å². The highest BCUT2D eigenvalue weighted by molar-refractivity contribution is 5.89. The molecule has 1 heterocycles. The summed E-state index contributed by atoms with van der Waals surface area (Å²) in [5.74, 6) is -0.377. The van der Waals surface area contributed by atoms with Gasteiger partial charge in [0.15, 0.2) is 0 Å². The summed E-state index contributed by atoms with van der Waals surface area (Å²) in [6.45, 7) is 1.18. The number of amides is 1. The van der Waals surface area contributed by atoms with Crippen molar-refractivity contribution in [1.29, 1.82) is 0 Å². The SMILES string of the molecule is COC(=O)c1ccc2c(c1)CN(C(=O)OCc1ccccc1)C2. The molecule has 1 amide bonds. The second kappa shape index (κ2) is 6.52. The van der Waals surface area contributed by atoms with Gasteiger partial charge in [0, 0.05) is 13.1 Å². The first-order chi connectivity index (χ1) is 11.2. The summed E-state index contributed by atoms with van der Waals surface area (Å²) in [6.07, 6.45) is -0.357. The van der Waals surface area contributed by atoms with Crippen molar-refractivity contribution in [2.45, 2.75) is 19.7 Å². The topological polar surface area (TPSA) is 55.8 Å². The molecule has 0 N–H and O–H groups in total. The Balaban J connectivity index is 1.62. The molecule has 3 rings (SSSR count). The van der Waals surface area contributed by atoms with Gasteiger partial charge in [-0.2, -0.15) is 0 Å². The van der Waals surface area contributed by atoms with E-state index in [4.69, 9.17) is 9.47 Å². The van der Waals surface area contributed by atoms with Crippen molar-refractivity contribution in [3.05, 3.63) is 70.8 Å². The normalized spacial score (nSPS) is 12.7. The van der Waals surface area contributed by atoms with Crippen LogP contribution in [0.25, 0.3) is 0 Å². The number of rotatable bonds is 3. The molecule has 1 aliphatic heterocycles. The molecule has 5 heteroatoms. The number of hydrogen-bond donors (Lipinski definition) is 0. The minimum absolute atomic E-state index is 0.250. The minimum atomic E-state index is -0.377. The van der Waals surface area contributed by atoms with E-state index in [0.717, 1.165) is 16.7 Å². The van der Waals surface area contributed by atoms with Gasteiger partial charge < -0.3 is 9.47 Å². The van der Waals surface area contributed by atoms with Gasteiger partial charge in [-0.1, -0.05) is 36.4 Å². The summed E-state index contributed by atoms with van der Waals surface area (Å²) in [5, 5.41) is 0. The maximum Gasteiger partial charge on any atom is 0.410 e. The van der Waals surface area contributed by atoms with Crippen LogP contribution in [0.5, 0.6) is 0 Å². The first-order valence-electron chi connectivity index (χ1n) is 7.33. The maximum absolute atomic E-state index is 12.2. The fourth-order valence-corrected chi connectivity index (χ4v) is 2.58. The number of fused-ring (bicyclic) bond motifs is 1. The molecule has 0 saturated heterocycles. The van der Waals surface area contributed by atoms with Crippen LogP contribution in [0, 0.1) is 0 Å². The average molecular weight is 311 g/mol. The lowest BCUT2D eigenvalue weighted by molar-refractivity contribution is 0.0600. The first kappa shape index (κ1) is 15.1. The summed E-state index contributed by atoms with van der Waals surface area (Å²) < 4.78 is 10.1. The summed E-state index contributed by atoms with van der Waals surface area (Å²) in [5.41, 5.74) is 3.41. The van der Waals surface area contributed by atoms with E-state index in [1.165, 1.54) is 7.11 Å². The number of methoxy groups -OCH3 is 1. The fraction of sp³-hybridized carbons (Fsp3) is 0.222. The number of esters is 1. The summed E-state index contributed by atoms with van der Waals surface area (Å²) in [7, 11) is 1.35. The molecular formula is C18H17NO4. The third-order valence-electron chi connectivity index (χ3n) is 3.81. The van der Waals surface area contributed by atoms with Gasteiger partial charge in [0.05, 0.1) is 12.7 Å². The maximum atomic E-state index is 12.2. The summed E-state index contributed by atoms with van der Waals surface area (Å²) in [6, 6.07) is 14.9. The fourth-order valence-electron chi connectivity index (χ4n) is 2.58. The summed E-state index contributed by atoms with van der Waals surface area (Å²) >= 11 is 0. The molecule has 0 fully saturated rings. The standard InChI is InChI=1S/C18H17NO4/c1-22-17(20)14-7-8-15-10-19(11-16(15)9-14)18(21)23-12-13-5-3-2-4-6-13/h2-9H,10-12H2,1H3. The number of carbonyl (C=O) groups is 2. The van der Waals surface area contributed by atoms with E-state index in [9.17, 15) is 9.59 Å². The van der Waals surface area contributed by atoms with E-state index in [1.807, 2.05) is 36.4 Å². The van der Waals surface area contributed by atoms with Crippen molar-refractivity contribution >= 4 is 12.1 Å². The third-order valence-corrected chi connectivity index (χ3v) is 3.81. The van der Waals surface area contributed by atoms with E-state index in [1.54, 1.807) is 17.0 Å². The molecule has 23 heavy (non-hydrogen) atoms. The van der Waals surface area contributed by atoms with Crippen molar-refractivity contribution in [1.82, 2.24) is 4.90 Å². The van der Waals surface area contributed by atoms with Crippen LogP contribution in [0.1, 0.15) is 27.0 Å². The molecule has 0 bridgehead atoms. The highest BCUT2D eigenvalue weighted by Gasteiger charge is 2.25. The van der Waals surface area contributed by atoms with Crippen LogP contribution in [0.4, 0.5) is 4.79 Å². The quantitative estimate of drug-likeness (QED) is 0.817. The molecule has 118 valence electrons. The zero-order valence-electron chi connectivity index (χ0n) is 12.8. The predicted molar refractivity (Wildman–Crippen MR) is 83.7 cm³/mol. The number of ether oxygens (including phenoxy) is 2. The predicted octanol–water partition coefficient (Wildman–Crippen LogP) is 3.13. The van der Waals surface area contributed by atoms with E-state index >= 15 is 0 Å². The van der Waals surface area contributed by atoms with Gasteiger partial charge in [0.1, 0.15) is 6.61 Å². The van der Waals surface area contributed by atoms with Gasteiger partial charge in [-0.15, -0.1) is 0 Å². The Bertz CT molecular complexity index is 727. The molecule has 0 radical (unpaired) electrons. The Hall–Kier alpha value is -2.82. The Labute approximate surface area is 134 Å². The van der Waals surface area contributed by atoms with Crippen LogP contribution >= 0.6 is 0 Å². The molecule has 5 nitrogen and oxygen atoms in total. The van der Waals surface area contributed by atoms with Crippen LogP contribution in [0.15, 0.2) is 48.5 Å². The Kier molecular flexibility index (Phi) is 4.28. The molecule has 2 aromatic carbocycles. The Morgan fingerprint density at radius 2 is 1.78 bits per heavy atom. The average Bonchev–Trinajstić information content (AvgIpc) is 3.03. The van der Waals surface area contributed by atoms with Crippen molar-refractivity contribution < 1.29 is 19.1 Å². The van der Waals surface area contributed by atoms with Gasteiger partial charge in [0.25, 0.3) is 0 Å².